The Labute approximate surface area is 201 Å². The molecule has 1 aliphatic carbocycles. The number of nitrogens with one attached hydrogen (secondary N) is 1. The minimum atomic E-state index is 0.213. The number of allylic oxidation sites excluding steroid dienone is 9. The van der Waals surface area contributed by atoms with Crippen LogP contribution >= 0.6 is 0 Å². The Kier molecular flexibility index (Phi) is 10.1. The second-order valence-electron chi connectivity index (χ2n) is 9.18. The van der Waals surface area contributed by atoms with E-state index in [2.05, 4.69) is 64.0 Å². The summed E-state index contributed by atoms with van der Waals surface area (Å²) >= 11 is 0. The molecule has 1 aromatic rings. The number of benzene rings is 1. The van der Waals surface area contributed by atoms with E-state index < -0.39 is 0 Å². The fourth-order valence-corrected chi connectivity index (χ4v) is 4.57. The zero-order chi connectivity index (χ0) is 24.5. The lowest BCUT2D eigenvalue weighted by Gasteiger charge is -2.17. The lowest BCUT2D eigenvalue weighted by atomic mass is 9.87. The Bertz CT molecular complexity index is 987. The van der Waals surface area contributed by atoms with E-state index >= 15 is 0 Å². The number of ketones is 1. The van der Waals surface area contributed by atoms with Crippen LogP contribution in [0.25, 0.3) is 5.57 Å². The van der Waals surface area contributed by atoms with Crippen molar-refractivity contribution in [3.63, 3.8) is 0 Å². The van der Waals surface area contributed by atoms with E-state index in [0.717, 1.165) is 48.2 Å². The van der Waals surface area contributed by atoms with Gasteiger partial charge in [-0.2, -0.15) is 5.48 Å². The van der Waals surface area contributed by atoms with Crippen LogP contribution < -0.4 is 10.3 Å². The average molecular weight is 448 g/mol. The first kappa shape index (κ1) is 26.6. The third-order valence-corrected chi connectivity index (χ3v) is 6.50. The van der Waals surface area contributed by atoms with Gasteiger partial charge >= 0.3 is 0 Å². The molecule has 0 aromatic heterocycles. The Balaban J connectivity index is 2.32. The Morgan fingerprint density at radius 1 is 1.15 bits per heavy atom. The van der Waals surface area contributed by atoms with Crippen molar-refractivity contribution in [2.45, 2.75) is 73.6 Å². The van der Waals surface area contributed by atoms with E-state index in [1.54, 1.807) is 7.05 Å². The third-order valence-electron chi connectivity index (χ3n) is 6.50. The number of hydrogen-bond donors (Lipinski definition) is 1. The molecule has 1 aromatic carbocycles. The van der Waals surface area contributed by atoms with Gasteiger partial charge in [-0.15, -0.1) is 0 Å². The minimum absolute atomic E-state index is 0.213. The molecular formula is C30H41NO2. The highest BCUT2D eigenvalue weighted by Gasteiger charge is 2.21. The first-order valence-corrected chi connectivity index (χ1v) is 12.1. The van der Waals surface area contributed by atoms with Crippen LogP contribution in [-0.2, 0) is 4.79 Å². The van der Waals surface area contributed by atoms with Gasteiger partial charge in [-0.1, -0.05) is 61.4 Å². The third kappa shape index (κ3) is 7.43. The molecule has 0 aliphatic heterocycles. The van der Waals surface area contributed by atoms with Gasteiger partial charge in [0.05, 0.1) is 0 Å². The zero-order valence-electron chi connectivity index (χ0n) is 21.6. The number of Topliss-reactive ketones (excluding diaryl/α,β-unsaturated/α-hetero) is 1. The summed E-state index contributed by atoms with van der Waals surface area (Å²) in [5.41, 5.74) is 12.3. The maximum absolute atomic E-state index is 13.2. The SMILES string of the molecule is C=C(C)/C(C)=C(\CC)C(=O)CC1C=C(C)CC(C)=C(/C=C(\CC)c2ccc(ONC)cc2)C1. The first-order valence-electron chi connectivity index (χ1n) is 12.1. The maximum atomic E-state index is 13.2. The average Bonchev–Trinajstić information content (AvgIpc) is 2.90. The molecule has 1 unspecified atom stereocenters. The van der Waals surface area contributed by atoms with E-state index in [-0.39, 0.29) is 11.7 Å². The number of hydroxylamine groups is 1. The van der Waals surface area contributed by atoms with Gasteiger partial charge in [0, 0.05) is 13.5 Å². The lowest BCUT2D eigenvalue weighted by Crippen LogP contribution is -2.11. The van der Waals surface area contributed by atoms with Crippen molar-refractivity contribution in [3.05, 3.63) is 82.0 Å². The summed E-state index contributed by atoms with van der Waals surface area (Å²) in [5.74, 6) is 1.26. The van der Waals surface area contributed by atoms with Crippen molar-refractivity contribution in [2.75, 3.05) is 7.05 Å². The molecule has 3 heteroatoms. The predicted octanol–water partition coefficient (Wildman–Crippen LogP) is 7.93. The van der Waals surface area contributed by atoms with Gasteiger partial charge in [-0.3, -0.25) is 4.79 Å². The smallest absolute Gasteiger partial charge is 0.159 e. The molecule has 1 N–H and O–H groups in total. The van der Waals surface area contributed by atoms with E-state index in [4.69, 9.17) is 4.84 Å². The van der Waals surface area contributed by atoms with Gasteiger partial charge < -0.3 is 4.84 Å². The lowest BCUT2D eigenvalue weighted by molar-refractivity contribution is -0.116. The quantitative estimate of drug-likeness (QED) is 0.171. The Morgan fingerprint density at radius 2 is 1.82 bits per heavy atom. The second-order valence-corrected chi connectivity index (χ2v) is 9.18. The molecular weight excluding hydrogens is 406 g/mol. The zero-order valence-corrected chi connectivity index (χ0v) is 21.6. The van der Waals surface area contributed by atoms with Crippen LogP contribution in [0.4, 0.5) is 0 Å². The molecule has 3 nitrogen and oxygen atoms in total. The van der Waals surface area contributed by atoms with Gasteiger partial charge in [0.15, 0.2) is 5.78 Å². The standard InChI is InChI=1S/C30H41NO2/c1-9-25(26-11-13-28(14-12-26)33-31-8)19-27-17-24(16-21(5)15-22(27)6)18-30(32)29(10-2)23(7)20(3)4/h11-14,16,19,24,31H,3,9-10,15,17-18H2,1-2,4-8H3/b25-19+,29-23+. The molecule has 0 fully saturated rings. The van der Waals surface area contributed by atoms with Gasteiger partial charge in [-0.25, -0.2) is 0 Å². The molecule has 0 radical (unpaired) electrons. The number of carbonyl (C=O) groups is 1. The summed E-state index contributed by atoms with van der Waals surface area (Å²) in [6.07, 6.45) is 8.77. The van der Waals surface area contributed by atoms with E-state index in [1.165, 1.54) is 27.9 Å². The van der Waals surface area contributed by atoms with Crippen LogP contribution in [0, 0.1) is 5.92 Å². The van der Waals surface area contributed by atoms with Crippen LogP contribution in [0.1, 0.15) is 79.2 Å². The van der Waals surface area contributed by atoms with E-state index in [0.29, 0.717) is 6.42 Å². The van der Waals surface area contributed by atoms with Crippen molar-refractivity contribution in [3.8, 4) is 5.75 Å². The largest absolute Gasteiger partial charge is 0.409 e. The predicted molar refractivity (Wildman–Crippen MR) is 141 cm³/mol. The Hall–Kier alpha value is -2.65. The molecule has 0 amide bonds. The minimum Gasteiger partial charge on any atom is -0.409 e. The van der Waals surface area contributed by atoms with Crippen molar-refractivity contribution >= 4 is 11.4 Å². The molecule has 0 saturated heterocycles. The van der Waals surface area contributed by atoms with Crippen LogP contribution in [0.2, 0.25) is 0 Å². The van der Waals surface area contributed by atoms with Crippen molar-refractivity contribution in [2.24, 2.45) is 5.92 Å². The van der Waals surface area contributed by atoms with Crippen molar-refractivity contribution < 1.29 is 9.63 Å². The summed E-state index contributed by atoms with van der Waals surface area (Å²) in [6.45, 7) is 16.7. The monoisotopic (exact) mass is 447 g/mol. The van der Waals surface area contributed by atoms with Gasteiger partial charge in [0.25, 0.3) is 0 Å². The maximum Gasteiger partial charge on any atom is 0.159 e. The highest BCUT2D eigenvalue weighted by Crippen LogP contribution is 2.33. The molecule has 2 rings (SSSR count). The summed E-state index contributed by atoms with van der Waals surface area (Å²) < 4.78 is 0. The molecule has 0 saturated carbocycles. The molecule has 33 heavy (non-hydrogen) atoms. The number of rotatable bonds is 10. The molecule has 0 spiro atoms. The van der Waals surface area contributed by atoms with Crippen LogP contribution in [-0.4, -0.2) is 12.8 Å². The summed E-state index contributed by atoms with van der Waals surface area (Å²) in [7, 11) is 1.75. The number of hydrogen-bond acceptors (Lipinski definition) is 3. The molecule has 0 heterocycles. The van der Waals surface area contributed by atoms with Crippen LogP contribution in [0.3, 0.4) is 0 Å². The van der Waals surface area contributed by atoms with Crippen LogP contribution in [0.5, 0.6) is 5.75 Å². The highest BCUT2D eigenvalue weighted by molar-refractivity contribution is 5.96. The van der Waals surface area contributed by atoms with E-state index in [1.807, 2.05) is 26.0 Å². The van der Waals surface area contributed by atoms with Crippen molar-refractivity contribution in [1.29, 1.82) is 0 Å². The fourth-order valence-electron chi connectivity index (χ4n) is 4.57. The molecule has 1 aliphatic rings. The van der Waals surface area contributed by atoms with Gasteiger partial charge in [0.2, 0.25) is 0 Å². The van der Waals surface area contributed by atoms with Gasteiger partial charge in [0.1, 0.15) is 5.75 Å². The highest BCUT2D eigenvalue weighted by atomic mass is 16.6. The van der Waals surface area contributed by atoms with Crippen LogP contribution in [0.15, 0.2) is 76.4 Å². The number of carbonyl (C=O) groups excluding carboxylic acids is 1. The summed E-state index contributed by atoms with van der Waals surface area (Å²) in [5, 5.41) is 0. The van der Waals surface area contributed by atoms with Crippen molar-refractivity contribution in [1.82, 2.24) is 5.48 Å². The topological polar surface area (TPSA) is 38.3 Å². The molecule has 1 atom stereocenters. The fraction of sp³-hybridized carbons (Fsp3) is 0.433. The summed E-state index contributed by atoms with van der Waals surface area (Å²) in [6, 6.07) is 8.19. The second kappa shape index (κ2) is 12.6. The normalized spacial score (nSPS) is 17.8. The molecule has 178 valence electrons. The Morgan fingerprint density at radius 3 is 2.36 bits per heavy atom. The molecule has 0 bridgehead atoms. The van der Waals surface area contributed by atoms with E-state index in [9.17, 15) is 4.79 Å². The summed E-state index contributed by atoms with van der Waals surface area (Å²) in [4.78, 5) is 18.6. The van der Waals surface area contributed by atoms with Gasteiger partial charge in [-0.05, 0) is 99.3 Å². The first-order chi connectivity index (χ1) is 15.7.